The Hall–Kier alpha value is -3.48. The maximum Gasteiger partial charge on any atom is 0.232 e. The van der Waals surface area contributed by atoms with Crippen molar-refractivity contribution in [3.05, 3.63) is 65.9 Å². The summed E-state index contributed by atoms with van der Waals surface area (Å²) in [5.74, 6) is 0.852. The van der Waals surface area contributed by atoms with Crippen LogP contribution in [0.2, 0.25) is 0 Å². The summed E-state index contributed by atoms with van der Waals surface area (Å²) < 4.78 is 0. The fourth-order valence-corrected chi connectivity index (χ4v) is 3.35. The summed E-state index contributed by atoms with van der Waals surface area (Å²) in [4.78, 5) is 11.3. The van der Waals surface area contributed by atoms with E-state index in [0.717, 1.165) is 17.7 Å². The number of phenols is 1. The number of nitrogens with one attached hydrogen (secondary N) is 1. The summed E-state index contributed by atoms with van der Waals surface area (Å²) in [6.45, 7) is 7.28. The monoisotopic (exact) mass is 388 g/mol. The summed E-state index contributed by atoms with van der Waals surface area (Å²) in [5.41, 5.74) is 4.56. The second-order valence-corrected chi connectivity index (χ2v) is 8.04. The van der Waals surface area contributed by atoms with Crippen LogP contribution in [0.1, 0.15) is 31.9 Å². The van der Waals surface area contributed by atoms with Gasteiger partial charge in [-0.25, -0.2) is 4.98 Å². The van der Waals surface area contributed by atoms with Gasteiger partial charge in [-0.2, -0.15) is 15.3 Å². The van der Waals surface area contributed by atoms with Crippen LogP contribution in [0.4, 0.5) is 11.6 Å². The van der Waals surface area contributed by atoms with Crippen LogP contribution in [0, 0.1) is 0 Å². The molecular formula is C22H24N6O. The van der Waals surface area contributed by atoms with Crippen molar-refractivity contribution in [2.24, 2.45) is 0 Å². The maximum atomic E-state index is 9.55. The lowest BCUT2D eigenvalue weighted by molar-refractivity contribution is 0.475. The highest BCUT2D eigenvalue weighted by molar-refractivity contribution is 5.71. The molecule has 2 aromatic heterocycles. The molecule has 0 radical (unpaired) electrons. The van der Waals surface area contributed by atoms with Gasteiger partial charge in [-0.05, 0) is 41.2 Å². The summed E-state index contributed by atoms with van der Waals surface area (Å²) in [5, 5.41) is 20.3. The SMILES string of the molecule is CC(C)(C)c1ccccc1N(CCc1ccc(O)cc1)c1ncc2n[nH]nc2n1. The molecule has 0 amide bonds. The molecule has 0 unspecified atom stereocenters. The summed E-state index contributed by atoms with van der Waals surface area (Å²) in [6.07, 6.45) is 2.47. The van der Waals surface area contributed by atoms with Gasteiger partial charge in [-0.3, -0.25) is 0 Å². The zero-order valence-corrected chi connectivity index (χ0v) is 16.8. The first-order chi connectivity index (χ1) is 13.9. The van der Waals surface area contributed by atoms with Gasteiger partial charge in [-0.15, -0.1) is 5.10 Å². The van der Waals surface area contributed by atoms with E-state index in [4.69, 9.17) is 0 Å². The highest BCUT2D eigenvalue weighted by Crippen LogP contribution is 2.34. The molecule has 4 aromatic rings. The third kappa shape index (κ3) is 4.03. The zero-order valence-electron chi connectivity index (χ0n) is 16.8. The molecule has 29 heavy (non-hydrogen) atoms. The van der Waals surface area contributed by atoms with Crippen LogP contribution in [0.15, 0.2) is 54.7 Å². The number of nitrogens with zero attached hydrogens (tertiary/aromatic N) is 5. The van der Waals surface area contributed by atoms with Crippen molar-refractivity contribution >= 4 is 22.8 Å². The Balaban J connectivity index is 1.75. The normalized spacial score (nSPS) is 11.7. The Bertz CT molecular complexity index is 1110. The van der Waals surface area contributed by atoms with Gasteiger partial charge in [-0.1, -0.05) is 51.1 Å². The van der Waals surface area contributed by atoms with Crippen LogP contribution in [0.25, 0.3) is 11.2 Å². The smallest absolute Gasteiger partial charge is 0.232 e. The van der Waals surface area contributed by atoms with E-state index in [1.54, 1.807) is 18.3 Å². The van der Waals surface area contributed by atoms with Crippen molar-refractivity contribution in [3.63, 3.8) is 0 Å². The number of rotatable bonds is 5. The first-order valence-corrected chi connectivity index (χ1v) is 9.60. The molecule has 0 aliphatic rings. The molecule has 0 aliphatic carbocycles. The van der Waals surface area contributed by atoms with E-state index in [-0.39, 0.29) is 11.2 Å². The minimum Gasteiger partial charge on any atom is -0.508 e. The number of H-pyrrole nitrogens is 1. The van der Waals surface area contributed by atoms with Crippen molar-refractivity contribution in [3.8, 4) is 5.75 Å². The van der Waals surface area contributed by atoms with Crippen LogP contribution >= 0.6 is 0 Å². The number of para-hydroxylation sites is 1. The second-order valence-electron chi connectivity index (χ2n) is 8.04. The summed E-state index contributed by atoms with van der Waals surface area (Å²) in [6, 6.07) is 15.6. The van der Waals surface area contributed by atoms with Gasteiger partial charge in [0.2, 0.25) is 11.6 Å². The van der Waals surface area contributed by atoms with E-state index in [9.17, 15) is 5.11 Å². The second kappa shape index (κ2) is 7.50. The highest BCUT2D eigenvalue weighted by atomic mass is 16.3. The third-order valence-corrected chi connectivity index (χ3v) is 4.87. The molecule has 7 nitrogen and oxygen atoms in total. The summed E-state index contributed by atoms with van der Waals surface area (Å²) >= 11 is 0. The van der Waals surface area contributed by atoms with Crippen molar-refractivity contribution in [2.75, 3.05) is 11.4 Å². The van der Waals surface area contributed by atoms with Gasteiger partial charge in [0.25, 0.3) is 0 Å². The predicted octanol–water partition coefficient (Wildman–Crippen LogP) is 4.13. The van der Waals surface area contributed by atoms with E-state index in [0.29, 0.717) is 23.7 Å². The van der Waals surface area contributed by atoms with Crippen molar-refractivity contribution in [1.82, 2.24) is 25.4 Å². The van der Waals surface area contributed by atoms with Gasteiger partial charge in [0.1, 0.15) is 11.3 Å². The Morgan fingerprint density at radius 3 is 2.52 bits per heavy atom. The lowest BCUT2D eigenvalue weighted by Crippen LogP contribution is -2.26. The molecule has 0 aliphatic heterocycles. The Morgan fingerprint density at radius 1 is 1.00 bits per heavy atom. The number of aromatic nitrogens is 5. The lowest BCUT2D eigenvalue weighted by atomic mass is 9.85. The summed E-state index contributed by atoms with van der Waals surface area (Å²) in [7, 11) is 0. The molecule has 4 rings (SSSR count). The molecule has 7 heteroatoms. The molecule has 0 bridgehead atoms. The average molecular weight is 388 g/mol. The number of aromatic hydroxyl groups is 1. The van der Waals surface area contributed by atoms with Gasteiger partial charge >= 0.3 is 0 Å². The van der Waals surface area contributed by atoms with Crippen LogP contribution in [0.3, 0.4) is 0 Å². The first kappa shape index (κ1) is 18.9. The van der Waals surface area contributed by atoms with Gasteiger partial charge in [0.15, 0.2) is 0 Å². The third-order valence-electron chi connectivity index (χ3n) is 4.87. The van der Waals surface area contributed by atoms with E-state index in [1.807, 2.05) is 18.2 Å². The minimum atomic E-state index is -0.0363. The van der Waals surface area contributed by atoms with E-state index >= 15 is 0 Å². The average Bonchev–Trinajstić information content (AvgIpc) is 3.17. The van der Waals surface area contributed by atoms with Gasteiger partial charge in [0, 0.05) is 12.2 Å². The largest absolute Gasteiger partial charge is 0.508 e. The number of fused-ring (bicyclic) bond motifs is 1. The number of hydrogen-bond acceptors (Lipinski definition) is 6. The number of phenolic OH excluding ortho intramolecular Hbond substituents is 1. The molecular weight excluding hydrogens is 364 g/mol. The molecule has 0 saturated carbocycles. The van der Waals surface area contributed by atoms with E-state index in [1.165, 1.54) is 5.56 Å². The molecule has 148 valence electrons. The maximum absolute atomic E-state index is 9.55. The number of anilines is 2. The molecule has 2 aromatic carbocycles. The molecule has 0 fully saturated rings. The molecule has 0 spiro atoms. The molecule has 2 heterocycles. The Morgan fingerprint density at radius 2 is 1.76 bits per heavy atom. The number of aromatic amines is 1. The van der Waals surface area contributed by atoms with Gasteiger partial charge < -0.3 is 10.0 Å². The first-order valence-electron chi connectivity index (χ1n) is 9.60. The standard InChI is InChI=1S/C22H24N6O/c1-22(2,3)17-6-4-5-7-19(17)28(13-12-15-8-10-16(29)11-9-15)21-23-14-18-20(24-21)26-27-25-18/h4-11,14,29H,12-13H2,1-3H3,(H,23,24,25,26,27). The molecule has 0 atom stereocenters. The van der Waals surface area contributed by atoms with Crippen LogP contribution in [-0.2, 0) is 11.8 Å². The van der Waals surface area contributed by atoms with E-state index < -0.39 is 0 Å². The van der Waals surface area contributed by atoms with Crippen LogP contribution in [-0.4, -0.2) is 37.0 Å². The van der Waals surface area contributed by atoms with E-state index in [2.05, 4.69) is 69.2 Å². The van der Waals surface area contributed by atoms with Crippen molar-refractivity contribution in [1.29, 1.82) is 0 Å². The molecule has 0 saturated heterocycles. The van der Waals surface area contributed by atoms with Gasteiger partial charge in [0.05, 0.1) is 6.20 Å². The predicted molar refractivity (Wildman–Crippen MR) is 113 cm³/mol. The van der Waals surface area contributed by atoms with Crippen molar-refractivity contribution in [2.45, 2.75) is 32.6 Å². The quantitative estimate of drug-likeness (QED) is 0.534. The van der Waals surface area contributed by atoms with Crippen molar-refractivity contribution < 1.29 is 5.11 Å². The highest BCUT2D eigenvalue weighted by Gasteiger charge is 2.23. The van der Waals surface area contributed by atoms with Crippen LogP contribution < -0.4 is 4.90 Å². The molecule has 2 N–H and O–H groups in total. The Kier molecular flexibility index (Phi) is 4.88. The van der Waals surface area contributed by atoms with Crippen LogP contribution in [0.5, 0.6) is 5.75 Å². The number of hydrogen-bond donors (Lipinski definition) is 2. The topological polar surface area (TPSA) is 90.8 Å². The Labute approximate surface area is 169 Å². The lowest BCUT2D eigenvalue weighted by Gasteiger charge is -2.30. The minimum absolute atomic E-state index is 0.0363. The fourth-order valence-electron chi connectivity index (χ4n) is 3.35. The fraction of sp³-hybridized carbons (Fsp3) is 0.273. The number of benzene rings is 2. The zero-order chi connectivity index (χ0) is 20.4.